The molecule has 0 bridgehead atoms. The maximum absolute atomic E-state index is 12.1. The van der Waals surface area contributed by atoms with E-state index >= 15 is 0 Å². The van der Waals surface area contributed by atoms with Crippen molar-refractivity contribution >= 4 is 65.9 Å². The zero-order chi connectivity index (χ0) is 22.2. The highest BCUT2D eigenvalue weighted by atomic mass is 79.9. The van der Waals surface area contributed by atoms with Gasteiger partial charge in [0.25, 0.3) is 5.91 Å². The molecule has 3 aromatic carbocycles. The Bertz CT molecular complexity index is 1080. The second-order valence-electron chi connectivity index (χ2n) is 6.10. The molecule has 0 saturated carbocycles. The number of carbonyl (C=O) groups excluding carboxylic acids is 2. The van der Waals surface area contributed by atoms with Gasteiger partial charge in [-0.25, -0.2) is 10.2 Å². The standard InChI is InChI=1S/C22H15Br3N2O4/c23-16-10-18(24)21(19(25)11-16)30-13-20(28)27-26-12-14-6-8-17(9-7-14)31-22(29)15-4-2-1-3-5-15/h1-12H,13H2,(H,27,28)/b26-12-. The van der Waals surface area contributed by atoms with Crippen LogP contribution < -0.4 is 14.9 Å². The predicted octanol–water partition coefficient (Wildman–Crippen LogP) is 5.72. The van der Waals surface area contributed by atoms with Crippen molar-refractivity contribution in [2.45, 2.75) is 0 Å². The average molecular weight is 611 g/mol. The van der Waals surface area contributed by atoms with Gasteiger partial charge in [0.1, 0.15) is 11.5 Å². The first-order chi connectivity index (χ1) is 14.9. The fourth-order valence-electron chi connectivity index (χ4n) is 2.38. The van der Waals surface area contributed by atoms with Crippen LogP contribution in [-0.2, 0) is 4.79 Å². The van der Waals surface area contributed by atoms with Crippen molar-refractivity contribution < 1.29 is 19.1 Å². The molecule has 0 heterocycles. The lowest BCUT2D eigenvalue weighted by Crippen LogP contribution is -2.24. The predicted molar refractivity (Wildman–Crippen MR) is 129 cm³/mol. The summed E-state index contributed by atoms with van der Waals surface area (Å²) in [5, 5.41) is 3.91. The molecule has 31 heavy (non-hydrogen) atoms. The smallest absolute Gasteiger partial charge is 0.343 e. The SMILES string of the molecule is O=C(COc1c(Br)cc(Br)cc1Br)N/N=C\c1ccc(OC(=O)c2ccccc2)cc1. The molecule has 0 fully saturated rings. The molecule has 6 nitrogen and oxygen atoms in total. The monoisotopic (exact) mass is 608 g/mol. The van der Waals surface area contributed by atoms with Crippen molar-refractivity contribution in [3.63, 3.8) is 0 Å². The van der Waals surface area contributed by atoms with E-state index in [0.717, 1.165) is 10.0 Å². The highest BCUT2D eigenvalue weighted by Gasteiger charge is 2.10. The van der Waals surface area contributed by atoms with Crippen molar-refractivity contribution in [2.24, 2.45) is 5.10 Å². The van der Waals surface area contributed by atoms with Crippen LogP contribution in [0.2, 0.25) is 0 Å². The lowest BCUT2D eigenvalue weighted by atomic mass is 10.2. The average Bonchev–Trinajstić information content (AvgIpc) is 2.75. The van der Waals surface area contributed by atoms with Crippen molar-refractivity contribution in [1.82, 2.24) is 5.43 Å². The van der Waals surface area contributed by atoms with Gasteiger partial charge in [-0.15, -0.1) is 0 Å². The van der Waals surface area contributed by atoms with E-state index in [1.54, 1.807) is 48.5 Å². The number of carbonyl (C=O) groups is 2. The Morgan fingerprint density at radius 1 is 0.935 bits per heavy atom. The normalized spacial score (nSPS) is 10.7. The minimum Gasteiger partial charge on any atom is -0.481 e. The molecule has 0 atom stereocenters. The lowest BCUT2D eigenvalue weighted by molar-refractivity contribution is -0.123. The molecule has 0 aromatic heterocycles. The van der Waals surface area contributed by atoms with E-state index in [1.165, 1.54) is 6.21 Å². The highest BCUT2D eigenvalue weighted by molar-refractivity contribution is 9.11. The van der Waals surface area contributed by atoms with E-state index < -0.39 is 11.9 Å². The van der Waals surface area contributed by atoms with E-state index in [-0.39, 0.29) is 6.61 Å². The van der Waals surface area contributed by atoms with Crippen LogP contribution in [0.4, 0.5) is 0 Å². The lowest BCUT2D eigenvalue weighted by Gasteiger charge is -2.09. The Morgan fingerprint density at radius 2 is 1.58 bits per heavy atom. The quantitative estimate of drug-likeness (QED) is 0.161. The van der Waals surface area contributed by atoms with Crippen LogP contribution in [0.15, 0.2) is 85.2 Å². The molecule has 1 amide bonds. The van der Waals surface area contributed by atoms with Gasteiger partial charge in [0.2, 0.25) is 0 Å². The van der Waals surface area contributed by atoms with Gasteiger partial charge in [-0.3, -0.25) is 4.79 Å². The van der Waals surface area contributed by atoms with Crippen molar-refractivity contribution in [3.8, 4) is 11.5 Å². The van der Waals surface area contributed by atoms with Crippen molar-refractivity contribution in [1.29, 1.82) is 0 Å². The molecule has 158 valence electrons. The number of benzene rings is 3. The molecular weight excluding hydrogens is 596 g/mol. The molecule has 0 spiro atoms. The second kappa shape index (κ2) is 11.2. The Morgan fingerprint density at radius 3 is 2.23 bits per heavy atom. The molecule has 3 aromatic rings. The zero-order valence-electron chi connectivity index (χ0n) is 15.8. The van der Waals surface area contributed by atoms with Crippen LogP contribution in [0.3, 0.4) is 0 Å². The van der Waals surface area contributed by atoms with Crippen molar-refractivity contribution in [2.75, 3.05) is 6.61 Å². The molecule has 0 unspecified atom stereocenters. The summed E-state index contributed by atoms with van der Waals surface area (Å²) in [5.41, 5.74) is 3.59. The van der Waals surface area contributed by atoms with E-state index in [9.17, 15) is 9.59 Å². The summed E-state index contributed by atoms with van der Waals surface area (Å²) in [6, 6.07) is 19.1. The van der Waals surface area contributed by atoms with Crippen LogP contribution >= 0.6 is 47.8 Å². The third-order valence-electron chi connectivity index (χ3n) is 3.81. The fraction of sp³-hybridized carbons (Fsp3) is 0.0455. The molecule has 9 heteroatoms. The minimum absolute atomic E-state index is 0.204. The molecule has 0 radical (unpaired) electrons. The van der Waals surface area contributed by atoms with Gasteiger partial charge in [-0.05, 0) is 86.0 Å². The first-order valence-corrected chi connectivity index (χ1v) is 11.3. The van der Waals surface area contributed by atoms with Crippen LogP contribution in [0.25, 0.3) is 0 Å². The number of halogens is 3. The summed E-state index contributed by atoms with van der Waals surface area (Å²) in [4.78, 5) is 24.0. The minimum atomic E-state index is -0.432. The third kappa shape index (κ3) is 7.02. The first-order valence-electron chi connectivity index (χ1n) is 8.89. The first kappa shape index (κ1) is 23.2. The van der Waals surface area contributed by atoms with E-state index in [2.05, 4.69) is 58.3 Å². The summed E-state index contributed by atoms with van der Waals surface area (Å²) < 4.78 is 13.1. The topological polar surface area (TPSA) is 77.0 Å². The van der Waals surface area contributed by atoms with Crippen LogP contribution in [0, 0.1) is 0 Å². The fourth-order valence-corrected chi connectivity index (χ4v) is 4.87. The third-order valence-corrected chi connectivity index (χ3v) is 5.45. The number of nitrogens with one attached hydrogen (secondary N) is 1. The number of hydrazone groups is 1. The number of nitrogens with zero attached hydrogens (tertiary/aromatic N) is 1. The van der Waals surface area contributed by atoms with E-state index in [0.29, 0.717) is 26.0 Å². The Labute approximate surface area is 204 Å². The molecule has 0 saturated heterocycles. The number of ether oxygens (including phenoxy) is 2. The van der Waals surface area contributed by atoms with Crippen molar-refractivity contribution in [3.05, 3.63) is 91.3 Å². The van der Waals surface area contributed by atoms with Gasteiger partial charge in [-0.1, -0.05) is 34.1 Å². The molecular formula is C22H15Br3N2O4. The second-order valence-corrected chi connectivity index (χ2v) is 8.73. The molecule has 1 N–H and O–H groups in total. The molecule has 3 rings (SSSR count). The number of esters is 1. The molecule has 0 aliphatic rings. The van der Waals surface area contributed by atoms with Gasteiger partial charge >= 0.3 is 5.97 Å². The van der Waals surface area contributed by atoms with Gasteiger partial charge in [0.15, 0.2) is 6.61 Å². The number of rotatable bonds is 7. The number of hydrogen-bond acceptors (Lipinski definition) is 5. The highest BCUT2D eigenvalue weighted by Crippen LogP contribution is 2.36. The Kier molecular flexibility index (Phi) is 8.39. The molecule has 0 aliphatic carbocycles. The van der Waals surface area contributed by atoms with Gasteiger partial charge in [0, 0.05) is 4.47 Å². The summed E-state index contributed by atoms with van der Waals surface area (Å²) in [6.07, 6.45) is 1.48. The molecule has 0 aliphatic heterocycles. The van der Waals surface area contributed by atoms with E-state index in [4.69, 9.17) is 9.47 Å². The van der Waals surface area contributed by atoms with Gasteiger partial charge < -0.3 is 9.47 Å². The van der Waals surface area contributed by atoms with E-state index in [1.807, 2.05) is 18.2 Å². The van der Waals surface area contributed by atoms with Crippen LogP contribution in [-0.4, -0.2) is 24.7 Å². The largest absolute Gasteiger partial charge is 0.481 e. The Balaban J connectivity index is 1.48. The summed E-state index contributed by atoms with van der Waals surface area (Å²) in [7, 11) is 0. The van der Waals surface area contributed by atoms with Gasteiger partial charge in [0.05, 0.1) is 20.7 Å². The summed E-state index contributed by atoms with van der Waals surface area (Å²) in [5.74, 6) is 0.0850. The Hall–Kier alpha value is -2.49. The van der Waals surface area contributed by atoms with Crippen LogP contribution in [0.1, 0.15) is 15.9 Å². The van der Waals surface area contributed by atoms with Crippen LogP contribution in [0.5, 0.6) is 11.5 Å². The van der Waals surface area contributed by atoms with Gasteiger partial charge in [-0.2, -0.15) is 5.10 Å². The summed E-state index contributed by atoms with van der Waals surface area (Å²) >= 11 is 10.1. The zero-order valence-corrected chi connectivity index (χ0v) is 20.6. The number of amides is 1. The summed E-state index contributed by atoms with van der Waals surface area (Å²) in [6.45, 7) is -0.204. The maximum atomic E-state index is 12.1. The number of hydrogen-bond donors (Lipinski definition) is 1. The maximum Gasteiger partial charge on any atom is 0.343 e.